The number of hydrogen-bond donors (Lipinski definition) is 0. The largest absolute Gasteiger partial charge is 0.0843 e. The number of halogens is 3. The molecule has 0 nitrogen and oxygen atoms in total. The second kappa shape index (κ2) is 6.81. The highest BCUT2D eigenvalue weighted by Crippen LogP contribution is 2.23. The van der Waals surface area contributed by atoms with Gasteiger partial charge in [0.2, 0.25) is 0 Å². The van der Waals surface area contributed by atoms with E-state index in [4.69, 9.17) is 34.8 Å². The molecule has 0 atom stereocenters. The van der Waals surface area contributed by atoms with E-state index in [-0.39, 0.29) is 0 Å². The molecule has 96 valence electrons. The Hall–Kier alpha value is -1.21. The van der Waals surface area contributed by atoms with Crippen molar-refractivity contribution in [2.75, 3.05) is 0 Å². The highest BCUT2D eigenvalue weighted by atomic mass is 35.5. The molecule has 0 radical (unpaired) electrons. The Morgan fingerprint density at radius 3 is 2.37 bits per heavy atom. The molecule has 0 aromatic heterocycles. The van der Waals surface area contributed by atoms with Crippen LogP contribution in [0.25, 0.3) is 11.1 Å². The highest BCUT2D eigenvalue weighted by Gasteiger charge is 1.97. The minimum absolute atomic E-state index is 0.619. The lowest BCUT2D eigenvalue weighted by Gasteiger charge is -1.98. The minimum Gasteiger partial charge on any atom is -0.0843 e. The van der Waals surface area contributed by atoms with Gasteiger partial charge >= 0.3 is 0 Å². The number of hydrogen-bond acceptors (Lipinski definition) is 0. The molecule has 19 heavy (non-hydrogen) atoms. The summed E-state index contributed by atoms with van der Waals surface area (Å²) in [5.41, 5.74) is 1.89. The molecular formula is C16H11Cl3. The van der Waals surface area contributed by atoms with Crippen molar-refractivity contribution in [1.29, 1.82) is 0 Å². The molecule has 2 rings (SSSR count). The van der Waals surface area contributed by atoms with Gasteiger partial charge in [-0.2, -0.15) is 0 Å². The van der Waals surface area contributed by atoms with Crippen LogP contribution in [0, 0.1) is 0 Å². The van der Waals surface area contributed by atoms with Crippen molar-refractivity contribution in [2.45, 2.75) is 0 Å². The molecule has 0 fully saturated rings. The van der Waals surface area contributed by atoms with E-state index in [1.807, 2.05) is 54.6 Å². The average Bonchev–Trinajstić information content (AvgIpc) is 2.42. The van der Waals surface area contributed by atoms with Crippen LogP contribution in [0.3, 0.4) is 0 Å². The normalized spacial score (nSPS) is 12.1. The monoisotopic (exact) mass is 308 g/mol. The first kappa shape index (κ1) is 14.2. The molecule has 0 bridgehead atoms. The third kappa shape index (κ3) is 4.14. The number of rotatable bonds is 3. The lowest BCUT2D eigenvalue weighted by molar-refractivity contribution is 1.64. The van der Waals surface area contributed by atoms with Gasteiger partial charge in [-0.1, -0.05) is 83.4 Å². The molecule has 0 saturated heterocycles. The van der Waals surface area contributed by atoms with E-state index in [9.17, 15) is 0 Å². The van der Waals surface area contributed by atoms with Crippen molar-refractivity contribution in [2.24, 2.45) is 0 Å². The Balaban J connectivity index is 2.15. The molecule has 0 unspecified atom stereocenters. The van der Waals surface area contributed by atoms with Crippen LogP contribution in [0.5, 0.6) is 0 Å². The first-order chi connectivity index (χ1) is 9.16. The van der Waals surface area contributed by atoms with Crippen molar-refractivity contribution in [1.82, 2.24) is 0 Å². The van der Waals surface area contributed by atoms with Crippen molar-refractivity contribution in [3.8, 4) is 0 Å². The maximum Gasteiger partial charge on any atom is 0.0493 e. The Bertz CT molecular complexity index is 613. The van der Waals surface area contributed by atoms with Gasteiger partial charge in [0.05, 0.1) is 0 Å². The zero-order chi connectivity index (χ0) is 13.7. The summed E-state index contributed by atoms with van der Waals surface area (Å²) in [4.78, 5) is 0. The van der Waals surface area contributed by atoms with E-state index in [0.717, 1.165) is 11.1 Å². The summed E-state index contributed by atoms with van der Waals surface area (Å²) in [6.45, 7) is 0. The molecule has 0 N–H and O–H groups in total. The minimum atomic E-state index is 0.619. The first-order valence-electron chi connectivity index (χ1n) is 5.71. The lowest BCUT2D eigenvalue weighted by atomic mass is 10.2. The Labute approximate surface area is 127 Å². The fourth-order valence-corrected chi connectivity index (χ4v) is 2.24. The van der Waals surface area contributed by atoms with Gasteiger partial charge in [-0.05, 0) is 29.3 Å². The lowest BCUT2D eigenvalue weighted by Crippen LogP contribution is -1.75. The zero-order valence-electron chi connectivity index (χ0n) is 9.98. The van der Waals surface area contributed by atoms with Crippen molar-refractivity contribution >= 4 is 45.9 Å². The van der Waals surface area contributed by atoms with Crippen LogP contribution in [0.1, 0.15) is 11.1 Å². The highest BCUT2D eigenvalue weighted by molar-refractivity contribution is 6.48. The Morgan fingerprint density at radius 1 is 0.947 bits per heavy atom. The van der Waals surface area contributed by atoms with Gasteiger partial charge in [-0.15, -0.1) is 0 Å². The maximum atomic E-state index is 6.19. The van der Waals surface area contributed by atoms with E-state index in [1.54, 1.807) is 12.1 Å². The van der Waals surface area contributed by atoms with Gasteiger partial charge < -0.3 is 0 Å². The van der Waals surface area contributed by atoms with Gasteiger partial charge in [-0.25, -0.2) is 0 Å². The van der Waals surface area contributed by atoms with Crippen LogP contribution in [-0.2, 0) is 0 Å². The Kier molecular flexibility index (Phi) is 5.09. The third-order valence-corrected chi connectivity index (χ3v) is 3.44. The molecule has 0 heterocycles. The molecular weight excluding hydrogens is 299 g/mol. The summed E-state index contributed by atoms with van der Waals surface area (Å²) < 4.78 is 0. The number of allylic oxidation sites excluding steroid dienone is 2. The summed E-state index contributed by atoms with van der Waals surface area (Å²) in [5.74, 6) is 0. The third-order valence-electron chi connectivity index (χ3n) is 2.53. The quantitative estimate of drug-likeness (QED) is 0.585. The van der Waals surface area contributed by atoms with Crippen molar-refractivity contribution < 1.29 is 0 Å². The van der Waals surface area contributed by atoms with Crippen LogP contribution < -0.4 is 0 Å². The summed E-state index contributed by atoms with van der Waals surface area (Å²) >= 11 is 18.1. The van der Waals surface area contributed by atoms with Gasteiger partial charge in [0.15, 0.2) is 0 Å². The maximum absolute atomic E-state index is 6.19. The van der Waals surface area contributed by atoms with E-state index in [0.29, 0.717) is 15.1 Å². The van der Waals surface area contributed by atoms with Gasteiger partial charge in [0.25, 0.3) is 0 Å². The van der Waals surface area contributed by atoms with Gasteiger partial charge in [-0.3, -0.25) is 0 Å². The summed E-state index contributed by atoms with van der Waals surface area (Å²) in [6.07, 6.45) is 5.59. The predicted molar refractivity (Wildman–Crippen MR) is 85.8 cm³/mol. The van der Waals surface area contributed by atoms with Crippen LogP contribution in [0.15, 0.2) is 60.7 Å². The summed E-state index contributed by atoms with van der Waals surface area (Å²) in [7, 11) is 0. The standard InChI is InChI=1S/C16H11Cl3/c17-14-10-9-13(16(19)11-14)7-4-8-15(18)12-5-2-1-3-6-12/h1-11H/b7-4+,15-8-. The van der Waals surface area contributed by atoms with Crippen LogP contribution in [0.2, 0.25) is 10.0 Å². The summed E-state index contributed by atoms with van der Waals surface area (Å²) in [5, 5.41) is 1.93. The van der Waals surface area contributed by atoms with Gasteiger partial charge in [0.1, 0.15) is 0 Å². The molecule has 0 spiro atoms. The number of benzene rings is 2. The average molecular weight is 310 g/mol. The van der Waals surface area contributed by atoms with Crippen molar-refractivity contribution in [3.63, 3.8) is 0 Å². The van der Waals surface area contributed by atoms with Crippen LogP contribution in [0.4, 0.5) is 0 Å². The van der Waals surface area contributed by atoms with Crippen molar-refractivity contribution in [3.05, 3.63) is 81.9 Å². The van der Waals surface area contributed by atoms with E-state index < -0.39 is 0 Å². The first-order valence-corrected chi connectivity index (χ1v) is 6.84. The van der Waals surface area contributed by atoms with Crippen LogP contribution in [-0.4, -0.2) is 0 Å². The topological polar surface area (TPSA) is 0 Å². The van der Waals surface area contributed by atoms with E-state index in [1.165, 1.54) is 0 Å². The fraction of sp³-hybridized carbons (Fsp3) is 0. The molecule has 2 aromatic carbocycles. The molecule has 3 heteroatoms. The second-order valence-electron chi connectivity index (χ2n) is 3.91. The fourth-order valence-electron chi connectivity index (χ4n) is 1.57. The molecule has 0 saturated carbocycles. The molecule has 0 aliphatic rings. The van der Waals surface area contributed by atoms with E-state index >= 15 is 0 Å². The zero-order valence-corrected chi connectivity index (χ0v) is 12.3. The SMILES string of the molecule is Cl/C(=C\C=C\c1ccc(Cl)cc1Cl)c1ccccc1. The molecule has 0 aliphatic carbocycles. The Morgan fingerprint density at radius 2 is 1.68 bits per heavy atom. The van der Waals surface area contributed by atoms with Crippen LogP contribution >= 0.6 is 34.8 Å². The predicted octanol–water partition coefficient (Wildman–Crippen LogP) is 6.29. The summed E-state index contributed by atoms with van der Waals surface area (Å²) in [6, 6.07) is 15.2. The molecule has 0 amide bonds. The second-order valence-corrected chi connectivity index (χ2v) is 5.16. The smallest absolute Gasteiger partial charge is 0.0493 e. The molecule has 0 aliphatic heterocycles. The molecule has 2 aromatic rings. The van der Waals surface area contributed by atoms with Gasteiger partial charge in [0, 0.05) is 15.1 Å². The van der Waals surface area contributed by atoms with E-state index in [2.05, 4.69) is 0 Å².